The number of ether oxygens (including phenoxy) is 4. The quantitative estimate of drug-likeness (QED) is 0.717. The van der Waals surface area contributed by atoms with Gasteiger partial charge in [0.2, 0.25) is 0 Å². The lowest BCUT2D eigenvalue weighted by Gasteiger charge is -2.11. The Balaban J connectivity index is 1.80. The summed E-state index contributed by atoms with van der Waals surface area (Å²) in [6, 6.07) is 7.29. The van der Waals surface area contributed by atoms with Crippen LogP contribution in [0.25, 0.3) is 0 Å². The van der Waals surface area contributed by atoms with Crippen LogP contribution >= 0.6 is 0 Å². The first-order valence-corrected chi connectivity index (χ1v) is 6.28. The second-order valence-electron chi connectivity index (χ2n) is 4.57. The molecular formula is C14H12N2O4. The Bertz CT molecular complexity index is 541. The van der Waals surface area contributed by atoms with E-state index in [4.69, 9.17) is 18.9 Å². The van der Waals surface area contributed by atoms with Crippen molar-refractivity contribution in [1.29, 1.82) is 10.5 Å². The molecule has 6 nitrogen and oxygen atoms in total. The Morgan fingerprint density at radius 2 is 1.35 bits per heavy atom. The predicted octanol–water partition coefficient (Wildman–Crippen LogP) is 0.985. The standard InChI is InChI=1S/C14H12N2O4/c15-3-11-12(4-16)14(20-8-10-6-18-10)2-1-13(11)19-7-9-5-17-9/h1-2,9-10H,5-8H2. The fraction of sp³-hybridized carbons (Fsp3) is 0.429. The largest absolute Gasteiger partial charge is 0.489 e. The van der Waals surface area contributed by atoms with E-state index in [1.165, 1.54) is 0 Å². The summed E-state index contributed by atoms with van der Waals surface area (Å²) in [5.41, 5.74) is 0.393. The molecule has 2 aliphatic rings. The molecule has 3 rings (SSSR count). The molecule has 0 aliphatic carbocycles. The van der Waals surface area contributed by atoms with E-state index >= 15 is 0 Å². The van der Waals surface area contributed by atoms with Gasteiger partial charge in [-0.1, -0.05) is 0 Å². The summed E-state index contributed by atoms with van der Waals surface area (Å²) < 4.78 is 21.1. The van der Waals surface area contributed by atoms with Crippen molar-refractivity contribution in [3.05, 3.63) is 23.3 Å². The van der Waals surface area contributed by atoms with Crippen LogP contribution in [0.3, 0.4) is 0 Å². The van der Waals surface area contributed by atoms with Gasteiger partial charge in [0.15, 0.2) is 0 Å². The molecule has 0 amide bonds. The van der Waals surface area contributed by atoms with Crippen molar-refractivity contribution in [3.63, 3.8) is 0 Å². The van der Waals surface area contributed by atoms with E-state index < -0.39 is 0 Å². The number of benzene rings is 1. The maximum atomic E-state index is 9.23. The minimum absolute atomic E-state index is 0.0926. The van der Waals surface area contributed by atoms with Crippen LogP contribution in [0.4, 0.5) is 0 Å². The molecule has 102 valence electrons. The summed E-state index contributed by atoms with van der Waals surface area (Å²) in [7, 11) is 0. The van der Waals surface area contributed by atoms with E-state index in [-0.39, 0.29) is 23.3 Å². The molecule has 20 heavy (non-hydrogen) atoms. The lowest BCUT2D eigenvalue weighted by molar-refractivity contribution is 0.256. The topological polar surface area (TPSA) is 91.1 Å². The first-order valence-electron chi connectivity index (χ1n) is 6.28. The van der Waals surface area contributed by atoms with Crippen LogP contribution in [0.15, 0.2) is 12.1 Å². The van der Waals surface area contributed by atoms with E-state index in [0.29, 0.717) is 37.9 Å². The van der Waals surface area contributed by atoms with Gasteiger partial charge in [-0.25, -0.2) is 0 Å². The third-order valence-corrected chi connectivity index (χ3v) is 3.01. The van der Waals surface area contributed by atoms with Crippen molar-refractivity contribution in [2.24, 2.45) is 0 Å². The van der Waals surface area contributed by atoms with Crippen molar-refractivity contribution in [3.8, 4) is 23.6 Å². The minimum Gasteiger partial charge on any atom is -0.489 e. The van der Waals surface area contributed by atoms with Gasteiger partial charge >= 0.3 is 0 Å². The highest BCUT2D eigenvalue weighted by atomic mass is 16.6. The number of hydrogen-bond donors (Lipinski definition) is 0. The Labute approximate surface area is 116 Å². The highest BCUT2D eigenvalue weighted by Gasteiger charge is 2.26. The van der Waals surface area contributed by atoms with Gasteiger partial charge in [0.25, 0.3) is 0 Å². The van der Waals surface area contributed by atoms with Crippen LogP contribution in [0.1, 0.15) is 11.1 Å². The van der Waals surface area contributed by atoms with E-state index in [0.717, 1.165) is 0 Å². The lowest BCUT2D eigenvalue weighted by atomic mass is 10.1. The van der Waals surface area contributed by atoms with Crippen molar-refractivity contribution < 1.29 is 18.9 Å². The Hall–Kier alpha value is -2.28. The Morgan fingerprint density at radius 1 is 0.950 bits per heavy atom. The van der Waals surface area contributed by atoms with Gasteiger partial charge < -0.3 is 18.9 Å². The monoisotopic (exact) mass is 272 g/mol. The molecular weight excluding hydrogens is 260 g/mol. The van der Waals surface area contributed by atoms with Gasteiger partial charge in [-0.15, -0.1) is 0 Å². The predicted molar refractivity (Wildman–Crippen MR) is 66.3 cm³/mol. The summed E-state index contributed by atoms with van der Waals surface area (Å²) in [6.45, 7) is 2.12. The molecule has 2 saturated heterocycles. The van der Waals surface area contributed by atoms with Crippen LogP contribution in [0.5, 0.6) is 11.5 Å². The molecule has 2 heterocycles. The molecule has 1 aromatic rings. The van der Waals surface area contributed by atoms with Crippen molar-refractivity contribution in [2.45, 2.75) is 12.2 Å². The third-order valence-electron chi connectivity index (χ3n) is 3.01. The second-order valence-corrected chi connectivity index (χ2v) is 4.57. The molecule has 2 atom stereocenters. The van der Waals surface area contributed by atoms with Crippen LogP contribution in [-0.2, 0) is 9.47 Å². The maximum absolute atomic E-state index is 9.23. The zero-order valence-electron chi connectivity index (χ0n) is 10.7. The summed E-state index contributed by atoms with van der Waals surface area (Å²) >= 11 is 0. The SMILES string of the molecule is N#Cc1c(OCC2CO2)ccc(OCC2CO2)c1C#N. The van der Waals surface area contributed by atoms with Gasteiger partial charge in [-0.2, -0.15) is 10.5 Å². The minimum atomic E-state index is 0.0926. The number of rotatable bonds is 6. The number of hydrogen-bond acceptors (Lipinski definition) is 6. The van der Waals surface area contributed by atoms with Gasteiger partial charge in [0.05, 0.1) is 13.2 Å². The summed E-state index contributed by atoms with van der Waals surface area (Å²) in [4.78, 5) is 0. The van der Waals surface area contributed by atoms with E-state index in [1.807, 2.05) is 12.1 Å². The number of nitriles is 2. The summed E-state index contributed by atoms with van der Waals surface area (Å²) in [6.07, 6.45) is 0.185. The van der Waals surface area contributed by atoms with E-state index in [1.54, 1.807) is 12.1 Å². The smallest absolute Gasteiger partial charge is 0.138 e. The van der Waals surface area contributed by atoms with Crippen LogP contribution in [0.2, 0.25) is 0 Å². The molecule has 1 aromatic carbocycles. The highest BCUT2D eigenvalue weighted by molar-refractivity contribution is 5.60. The zero-order valence-corrected chi connectivity index (χ0v) is 10.7. The molecule has 2 fully saturated rings. The summed E-state index contributed by atoms with van der Waals surface area (Å²) in [5, 5.41) is 18.5. The van der Waals surface area contributed by atoms with Crippen LogP contribution < -0.4 is 9.47 Å². The maximum Gasteiger partial charge on any atom is 0.138 e. The molecule has 0 bridgehead atoms. The Morgan fingerprint density at radius 3 is 1.65 bits per heavy atom. The molecule has 0 saturated carbocycles. The molecule has 0 spiro atoms. The third kappa shape index (κ3) is 2.83. The van der Waals surface area contributed by atoms with Crippen LogP contribution in [0, 0.1) is 22.7 Å². The molecule has 0 radical (unpaired) electrons. The molecule has 6 heteroatoms. The van der Waals surface area contributed by atoms with Crippen molar-refractivity contribution >= 4 is 0 Å². The normalized spacial score (nSPS) is 22.5. The molecule has 2 unspecified atom stereocenters. The van der Waals surface area contributed by atoms with Gasteiger partial charge in [0, 0.05) is 0 Å². The highest BCUT2D eigenvalue weighted by Crippen LogP contribution is 2.30. The first-order chi connectivity index (χ1) is 9.81. The Kier molecular flexibility index (Phi) is 3.42. The number of epoxide rings is 2. The fourth-order valence-electron chi connectivity index (χ4n) is 1.72. The fourth-order valence-corrected chi connectivity index (χ4v) is 1.72. The van der Waals surface area contributed by atoms with Gasteiger partial charge in [0.1, 0.15) is 60.2 Å². The zero-order chi connectivity index (χ0) is 13.9. The van der Waals surface area contributed by atoms with Gasteiger partial charge in [-0.3, -0.25) is 0 Å². The van der Waals surface area contributed by atoms with E-state index in [2.05, 4.69) is 0 Å². The van der Waals surface area contributed by atoms with Crippen LogP contribution in [-0.4, -0.2) is 38.6 Å². The lowest BCUT2D eigenvalue weighted by Crippen LogP contribution is -2.08. The molecule has 0 N–H and O–H groups in total. The average Bonchev–Trinajstić information content (AvgIpc) is 3.36. The van der Waals surface area contributed by atoms with Crippen molar-refractivity contribution in [2.75, 3.05) is 26.4 Å². The molecule has 2 aliphatic heterocycles. The number of nitrogens with zero attached hydrogens (tertiary/aromatic N) is 2. The first kappa shape index (κ1) is 12.7. The van der Waals surface area contributed by atoms with E-state index in [9.17, 15) is 10.5 Å². The molecule has 0 aromatic heterocycles. The van der Waals surface area contributed by atoms with Gasteiger partial charge in [-0.05, 0) is 12.1 Å². The average molecular weight is 272 g/mol. The van der Waals surface area contributed by atoms with Crippen molar-refractivity contribution in [1.82, 2.24) is 0 Å². The summed E-state index contributed by atoms with van der Waals surface area (Å²) in [5.74, 6) is 0.768. The second kappa shape index (κ2) is 5.38.